The third-order valence-electron chi connectivity index (χ3n) is 6.57. The van der Waals surface area contributed by atoms with E-state index in [1.54, 1.807) is 49.5 Å². The van der Waals surface area contributed by atoms with E-state index in [0.29, 0.717) is 11.4 Å². The highest BCUT2D eigenvalue weighted by atomic mass is 19.4. The molecule has 0 bridgehead atoms. The van der Waals surface area contributed by atoms with E-state index in [9.17, 15) is 37.6 Å². The number of carbonyl (C=O) groups is 4. The largest absolute Gasteiger partial charge is 0.471 e. The maximum Gasteiger partial charge on any atom is 0.471 e. The van der Waals surface area contributed by atoms with Gasteiger partial charge in [-0.05, 0) is 19.3 Å². The van der Waals surface area contributed by atoms with E-state index in [1.165, 1.54) is 11.9 Å². The minimum Gasteiger partial charge on any atom is -0.337 e. The summed E-state index contributed by atoms with van der Waals surface area (Å²) in [5.74, 6) is -4.07. The third-order valence-corrected chi connectivity index (χ3v) is 6.57. The van der Waals surface area contributed by atoms with E-state index in [2.05, 4.69) is 10.3 Å². The standard InChI is InChI=1S/C25H29F3N6O4/c1-14(2)10-18(33(4)20(35)15(3)30-23(38)25(26,27)28)21(36)34-13-24(11-17(34)12-29)22(37)31-19(32-24)16-8-6-5-7-9-16/h5-9,14-15,17-18H,10-11,13H2,1-4H3,(H,30,38)(H,31,32,37)/t15?,17-,18?,24+/m0/s1. The van der Waals surface area contributed by atoms with E-state index < -0.39 is 53.5 Å². The molecule has 2 aliphatic rings. The molecule has 10 nitrogen and oxygen atoms in total. The molecule has 4 atom stereocenters. The normalized spacial score (nSPS) is 22.5. The van der Waals surface area contributed by atoms with Crippen molar-refractivity contribution in [2.24, 2.45) is 10.9 Å². The fourth-order valence-electron chi connectivity index (χ4n) is 4.59. The molecule has 38 heavy (non-hydrogen) atoms. The van der Waals surface area contributed by atoms with Gasteiger partial charge < -0.3 is 20.4 Å². The molecule has 1 spiro atoms. The number of hydrogen-bond acceptors (Lipinski definition) is 6. The summed E-state index contributed by atoms with van der Waals surface area (Å²) in [5.41, 5.74) is -0.728. The van der Waals surface area contributed by atoms with Crippen LogP contribution in [0.1, 0.15) is 39.2 Å². The second-order valence-corrected chi connectivity index (χ2v) is 9.91. The maximum atomic E-state index is 13.7. The van der Waals surface area contributed by atoms with Crippen molar-refractivity contribution >= 4 is 29.5 Å². The van der Waals surface area contributed by atoms with Crippen LogP contribution in [0.5, 0.6) is 0 Å². The van der Waals surface area contributed by atoms with Gasteiger partial charge in [0.25, 0.3) is 5.91 Å². The maximum absolute atomic E-state index is 13.7. The number of nitriles is 1. The van der Waals surface area contributed by atoms with Crippen molar-refractivity contribution in [3.63, 3.8) is 0 Å². The summed E-state index contributed by atoms with van der Waals surface area (Å²) in [5, 5.41) is 14.1. The minimum absolute atomic E-state index is 0.0541. The van der Waals surface area contributed by atoms with E-state index in [-0.39, 0.29) is 25.3 Å². The Morgan fingerprint density at radius 1 is 1.26 bits per heavy atom. The third kappa shape index (κ3) is 5.79. The smallest absolute Gasteiger partial charge is 0.337 e. The second-order valence-electron chi connectivity index (χ2n) is 9.91. The van der Waals surface area contributed by atoms with Crippen molar-refractivity contribution in [3.05, 3.63) is 35.9 Å². The summed E-state index contributed by atoms with van der Waals surface area (Å²) in [6.07, 6.45) is -5.10. The van der Waals surface area contributed by atoms with Crippen LogP contribution in [0.3, 0.4) is 0 Å². The van der Waals surface area contributed by atoms with Crippen LogP contribution in [0.4, 0.5) is 13.2 Å². The SMILES string of the molecule is CC(C)CC(C(=O)N1C[C@@]2(C[C@H]1C#N)N=C(c1ccccc1)NC2=O)N(C)C(=O)C(C)NC(=O)C(F)(F)F. The molecular formula is C25H29F3N6O4. The molecule has 0 radical (unpaired) electrons. The number of aliphatic imine (C=N–C) groups is 1. The summed E-state index contributed by atoms with van der Waals surface area (Å²) < 4.78 is 38.0. The lowest BCUT2D eigenvalue weighted by Gasteiger charge is -2.34. The molecular weight excluding hydrogens is 505 g/mol. The van der Waals surface area contributed by atoms with Crippen molar-refractivity contribution in [3.8, 4) is 6.07 Å². The Labute approximate surface area is 217 Å². The number of amidine groups is 1. The second kappa shape index (κ2) is 10.8. The van der Waals surface area contributed by atoms with Crippen molar-refractivity contribution < 1.29 is 32.3 Å². The van der Waals surface area contributed by atoms with Crippen LogP contribution in [-0.4, -0.2) is 82.7 Å². The lowest BCUT2D eigenvalue weighted by molar-refractivity contribution is -0.175. The molecule has 2 heterocycles. The monoisotopic (exact) mass is 534 g/mol. The van der Waals surface area contributed by atoms with Crippen molar-refractivity contribution in [1.29, 1.82) is 5.26 Å². The molecule has 1 aromatic carbocycles. The molecule has 1 saturated heterocycles. The molecule has 1 aromatic rings. The molecule has 13 heteroatoms. The molecule has 0 aliphatic carbocycles. The molecule has 0 saturated carbocycles. The number of hydrogen-bond donors (Lipinski definition) is 2. The van der Waals surface area contributed by atoms with Gasteiger partial charge >= 0.3 is 12.1 Å². The summed E-state index contributed by atoms with van der Waals surface area (Å²) >= 11 is 0. The zero-order valence-corrected chi connectivity index (χ0v) is 21.4. The van der Waals surface area contributed by atoms with Crippen LogP contribution in [0.2, 0.25) is 0 Å². The highest BCUT2D eigenvalue weighted by Crippen LogP contribution is 2.35. The Hall–Kier alpha value is -3.95. The van der Waals surface area contributed by atoms with Crippen LogP contribution in [0.15, 0.2) is 35.3 Å². The van der Waals surface area contributed by atoms with Gasteiger partial charge in [-0.1, -0.05) is 44.2 Å². The van der Waals surface area contributed by atoms with E-state index in [4.69, 9.17) is 0 Å². The molecule has 2 N–H and O–H groups in total. The molecule has 1 fully saturated rings. The first-order valence-electron chi connectivity index (χ1n) is 12.0. The highest BCUT2D eigenvalue weighted by molar-refractivity contribution is 6.15. The predicted octanol–water partition coefficient (Wildman–Crippen LogP) is 1.37. The van der Waals surface area contributed by atoms with Gasteiger partial charge in [0.1, 0.15) is 24.0 Å². The average Bonchev–Trinajstić information content (AvgIpc) is 3.40. The lowest BCUT2D eigenvalue weighted by Crippen LogP contribution is -2.56. The average molecular weight is 535 g/mol. The van der Waals surface area contributed by atoms with Crippen molar-refractivity contribution in [2.45, 2.75) is 63.5 Å². The van der Waals surface area contributed by atoms with Gasteiger partial charge in [0, 0.05) is 19.0 Å². The number of rotatable bonds is 7. The summed E-state index contributed by atoms with van der Waals surface area (Å²) in [6.45, 7) is 4.47. The van der Waals surface area contributed by atoms with Crippen LogP contribution in [-0.2, 0) is 19.2 Å². The first-order valence-corrected chi connectivity index (χ1v) is 12.0. The predicted molar refractivity (Wildman–Crippen MR) is 129 cm³/mol. The molecule has 204 valence electrons. The molecule has 3 rings (SSSR count). The van der Waals surface area contributed by atoms with Gasteiger partial charge in [0.2, 0.25) is 11.8 Å². The minimum atomic E-state index is -5.18. The Kier molecular flexibility index (Phi) is 8.14. The van der Waals surface area contributed by atoms with Crippen LogP contribution >= 0.6 is 0 Å². The number of alkyl halides is 3. The Morgan fingerprint density at radius 3 is 2.45 bits per heavy atom. The Bertz CT molecular complexity index is 1180. The zero-order chi connectivity index (χ0) is 28.4. The van der Waals surface area contributed by atoms with Crippen LogP contribution in [0, 0.1) is 17.2 Å². The zero-order valence-electron chi connectivity index (χ0n) is 21.4. The Balaban J connectivity index is 1.86. The topological polar surface area (TPSA) is 135 Å². The van der Waals surface area contributed by atoms with Gasteiger partial charge in [-0.25, -0.2) is 4.99 Å². The van der Waals surface area contributed by atoms with Gasteiger partial charge in [0.05, 0.1) is 12.6 Å². The number of halogens is 3. The fourth-order valence-corrected chi connectivity index (χ4v) is 4.59. The van der Waals surface area contributed by atoms with Gasteiger partial charge in [0.15, 0.2) is 5.54 Å². The Morgan fingerprint density at radius 2 is 1.89 bits per heavy atom. The van der Waals surface area contributed by atoms with Gasteiger partial charge in [-0.15, -0.1) is 0 Å². The quantitative estimate of drug-likeness (QED) is 0.545. The molecule has 4 amide bonds. The lowest BCUT2D eigenvalue weighted by atomic mass is 9.97. The highest BCUT2D eigenvalue weighted by Gasteiger charge is 2.55. The van der Waals surface area contributed by atoms with E-state index in [1.807, 2.05) is 6.07 Å². The first kappa shape index (κ1) is 28.6. The molecule has 2 aliphatic heterocycles. The molecule has 0 aromatic heterocycles. The van der Waals surface area contributed by atoms with Crippen molar-refractivity contribution in [2.75, 3.05) is 13.6 Å². The fraction of sp³-hybridized carbons (Fsp3) is 0.520. The molecule has 2 unspecified atom stereocenters. The van der Waals surface area contributed by atoms with Crippen molar-refractivity contribution in [1.82, 2.24) is 20.4 Å². The first-order chi connectivity index (χ1) is 17.7. The summed E-state index contributed by atoms with van der Waals surface area (Å²) in [6, 6.07) is 7.18. The van der Waals surface area contributed by atoms with Gasteiger partial charge in [-0.2, -0.15) is 18.4 Å². The number of nitrogens with zero attached hydrogens (tertiary/aromatic N) is 4. The number of nitrogens with one attached hydrogen (secondary N) is 2. The number of likely N-dealkylation sites (tertiary alicyclic amines) is 1. The summed E-state index contributed by atoms with van der Waals surface area (Å²) in [7, 11) is 1.25. The van der Waals surface area contributed by atoms with Crippen LogP contribution < -0.4 is 10.6 Å². The van der Waals surface area contributed by atoms with E-state index in [0.717, 1.165) is 11.8 Å². The van der Waals surface area contributed by atoms with Crippen LogP contribution in [0.25, 0.3) is 0 Å². The number of likely N-dealkylation sites (N-methyl/N-ethyl adjacent to an activating group) is 1. The number of carbonyl (C=O) groups excluding carboxylic acids is 4. The number of amides is 4. The van der Waals surface area contributed by atoms with Gasteiger partial charge in [-0.3, -0.25) is 19.2 Å². The summed E-state index contributed by atoms with van der Waals surface area (Å²) in [4.78, 5) is 57.7. The number of benzene rings is 1. The van der Waals surface area contributed by atoms with E-state index >= 15 is 0 Å².